The van der Waals surface area contributed by atoms with Crippen LogP contribution in [0.1, 0.15) is 26.4 Å². The van der Waals surface area contributed by atoms with Gasteiger partial charge in [-0.05, 0) is 30.2 Å². The van der Waals surface area contributed by atoms with Crippen molar-refractivity contribution in [3.8, 4) is 0 Å². The van der Waals surface area contributed by atoms with E-state index in [1.807, 2.05) is 37.3 Å². The Morgan fingerprint density at radius 2 is 1.96 bits per heavy atom. The van der Waals surface area contributed by atoms with E-state index in [-0.39, 0.29) is 18.3 Å². The predicted octanol–water partition coefficient (Wildman–Crippen LogP) is 4.77. The van der Waals surface area contributed by atoms with E-state index < -0.39 is 0 Å². The average molecular weight is 357 g/mol. The van der Waals surface area contributed by atoms with E-state index in [0.29, 0.717) is 22.4 Å². The molecular formula is C20H20FNO2S. The lowest BCUT2D eigenvalue weighted by molar-refractivity contribution is 0.0785. The van der Waals surface area contributed by atoms with Crippen LogP contribution < -0.4 is 0 Å². The van der Waals surface area contributed by atoms with Gasteiger partial charge in [-0.1, -0.05) is 30.3 Å². The van der Waals surface area contributed by atoms with Crippen molar-refractivity contribution in [3.63, 3.8) is 0 Å². The quantitative estimate of drug-likeness (QED) is 0.658. The Kier molecular flexibility index (Phi) is 5.16. The van der Waals surface area contributed by atoms with E-state index >= 15 is 0 Å². The number of carbonyl (C=O) groups is 1. The third-order valence-electron chi connectivity index (χ3n) is 4.26. The van der Waals surface area contributed by atoms with Crippen molar-refractivity contribution < 1.29 is 13.9 Å². The van der Waals surface area contributed by atoms with Crippen molar-refractivity contribution in [1.82, 2.24) is 4.90 Å². The number of hydrogen-bond donors (Lipinski definition) is 0. The Hall–Kier alpha value is -2.24. The highest BCUT2D eigenvalue weighted by Crippen LogP contribution is 2.34. The van der Waals surface area contributed by atoms with E-state index in [9.17, 15) is 9.18 Å². The lowest BCUT2D eigenvalue weighted by Crippen LogP contribution is -2.26. The van der Waals surface area contributed by atoms with Gasteiger partial charge in [0.2, 0.25) is 0 Å². The van der Waals surface area contributed by atoms with E-state index in [0.717, 1.165) is 15.8 Å². The molecule has 130 valence electrons. The molecule has 0 unspecified atom stereocenters. The molecular weight excluding hydrogens is 337 g/mol. The first-order valence-electron chi connectivity index (χ1n) is 8.01. The number of fused-ring (bicyclic) bond motifs is 1. The standard InChI is InChI=1S/C20H20FNO2S/c1-13-7-4-5-8-14(13)11-22(2)20(23)19-15(12-24-3)18-16(21)9-6-10-17(18)25-19/h4-10H,11-12H2,1-3H3. The second-order valence-electron chi connectivity index (χ2n) is 6.04. The molecule has 0 aliphatic heterocycles. The van der Waals surface area contributed by atoms with Gasteiger partial charge < -0.3 is 9.64 Å². The van der Waals surface area contributed by atoms with Gasteiger partial charge in [0.1, 0.15) is 5.82 Å². The first kappa shape index (κ1) is 17.6. The fourth-order valence-electron chi connectivity index (χ4n) is 2.91. The number of hydrogen-bond acceptors (Lipinski definition) is 3. The van der Waals surface area contributed by atoms with E-state index in [1.54, 1.807) is 25.1 Å². The third-order valence-corrected chi connectivity index (χ3v) is 5.45. The van der Waals surface area contributed by atoms with Crippen molar-refractivity contribution in [2.45, 2.75) is 20.1 Å². The van der Waals surface area contributed by atoms with Gasteiger partial charge in [0, 0.05) is 36.4 Å². The summed E-state index contributed by atoms with van der Waals surface area (Å²) in [7, 11) is 3.32. The molecule has 0 spiro atoms. The van der Waals surface area contributed by atoms with Gasteiger partial charge in [0.25, 0.3) is 5.91 Å². The molecule has 1 heterocycles. The molecule has 0 bridgehead atoms. The van der Waals surface area contributed by atoms with E-state index in [4.69, 9.17) is 4.74 Å². The summed E-state index contributed by atoms with van der Waals surface area (Å²) in [5.41, 5.74) is 2.86. The Labute approximate surface area is 150 Å². The van der Waals surface area contributed by atoms with Gasteiger partial charge in [-0.25, -0.2) is 4.39 Å². The second kappa shape index (κ2) is 7.33. The molecule has 0 fully saturated rings. The molecule has 0 saturated carbocycles. The van der Waals surface area contributed by atoms with Crippen molar-refractivity contribution >= 4 is 27.3 Å². The normalized spacial score (nSPS) is 11.0. The van der Waals surface area contributed by atoms with Crippen LogP contribution in [0, 0.1) is 12.7 Å². The predicted molar refractivity (Wildman–Crippen MR) is 99.5 cm³/mol. The van der Waals surface area contributed by atoms with Gasteiger partial charge >= 0.3 is 0 Å². The van der Waals surface area contributed by atoms with E-state index in [1.165, 1.54) is 17.4 Å². The summed E-state index contributed by atoms with van der Waals surface area (Å²) in [5.74, 6) is -0.433. The van der Waals surface area contributed by atoms with Crippen LogP contribution in [0.5, 0.6) is 0 Å². The summed E-state index contributed by atoms with van der Waals surface area (Å²) < 4.78 is 20.3. The van der Waals surface area contributed by atoms with Gasteiger partial charge in [0.15, 0.2) is 0 Å². The molecule has 3 rings (SSSR count). The number of ether oxygens (including phenoxy) is 1. The monoisotopic (exact) mass is 357 g/mol. The third kappa shape index (κ3) is 3.43. The minimum Gasteiger partial charge on any atom is -0.380 e. The lowest BCUT2D eigenvalue weighted by atomic mass is 10.1. The zero-order valence-corrected chi connectivity index (χ0v) is 15.3. The maximum absolute atomic E-state index is 14.3. The minimum absolute atomic E-state index is 0.115. The van der Waals surface area contributed by atoms with Crippen LogP contribution in [0.25, 0.3) is 10.1 Å². The van der Waals surface area contributed by atoms with Gasteiger partial charge in [-0.2, -0.15) is 0 Å². The SMILES string of the molecule is COCc1c(C(=O)N(C)Cc2ccccc2C)sc2cccc(F)c12. The summed E-state index contributed by atoms with van der Waals surface area (Å²) in [6.07, 6.45) is 0. The van der Waals surface area contributed by atoms with Crippen molar-refractivity contribution in [1.29, 1.82) is 0 Å². The largest absolute Gasteiger partial charge is 0.380 e. The average Bonchev–Trinajstić information content (AvgIpc) is 2.96. The van der Waals surface area contributed by atoms with Gasteiger partial charge in [-0.15, -0.1) is 11.3 Å². The zero-order valence-electron chi connectivity index (χ0n) is 14.5. The molecule has 0 saturated heterocycles. The molecule has 25 heavy (non-hydrogen) atoms. The highest BCUT2D eigenvalue weighted by atomic mass is 32.1. The molecule has 0 aliphatic rings. The fraction of sp³-hybridized carbons (Fsp3) is 0.250. The molecule has 3 nitrogen and oxygen atoms in total. The molecule has 1 amide bonds. The van der Waals surface area contributed by atoms with Crippen molar-refractivity contribution in [3.05, 3.63) is 69.8 Å². The van der Waals surface area contributed by atoms with Crippen LogP contribution in [0.3, 0.4) is 0 Å². The fourth-order valence-corrected chi connectivity index (χ4v) is 4.13. The Balaban J connectivity index is 1.97. The molecule has 2 aromatic carbocycles. The Morgan fingerprint density at radius 1 is 1.20 bits per heavy atom. The summed E-state index contributed by atoms with van der Waals surface area (Å²) >= 11 is 1.32. The van der Waals surface area contributed by atoms with Crippen LogP contribution in [-0.2, 0) is 17.9 Å². The molecule has 0 atom stereocenters. The first-order valence-corrected chi connectivity index (χ1v) is 8.83. The van der Waals surface area contributed by atoms with Crippen LogP contribution >= 0.6 is 11.3 Å². The number of benzene rings is 2. The highest BCUT2D eigenvalue weighted by Gasteiger charge is 2.23. The van der Waals surface area contributed by atoms with Crippen molar-refractivity contribution in [2.24, 2.45) is 0 Å². The van der Waals surface area contributed by atoms with Crippen LogP contribution in [-0.4, -0.2) is 25.0 Å². The second-order valence-corrected chi connectivity index (χ2v) is 7.10. The molecule has 0 aliphatic carbocycles. The number of carbonyl (C=O) groups excluding carboxylic acids is 1. The van der Waals surface area contributed by atoms with Crippen LogP contribution in [0.4, 0.5) is 4.39 Å². The van der Waals surface area contributed by atoms with Gasteiger partial charge in [0.05, 0.1) is 11.5 Å². The highest BCUT2D eigenvalue weighted by molar-refractivity contribution is 7.21. The van der Waals surface area contributed by atoms with Crippen LogP contribution in [0.15, 0.2) is 42.5 Å². The van der Waals surface area contributed by atoms with E-state index in [2.05, 4.69) is 0 Å². The molecule has 0 radical (unpaired) electrons. The number of halogens is 1. The number of thiophene rings is 1. The summed E-state index contributed by atoms with van der Waals surface area (Å²) in [6, 6.07) is 12.9. The maximum atomic E-state index is 14.3. The summed E-state index contributed by atoms with van der Waals surface area (Å²) in [4.78, 5) is 15.2. The van der Waals surface area contributed by atoms with Gasteiger partial charge in [-0.3, -0.25) is 4.79 Å². The number of nitrogens with zero attached hydrogens (tertiary/aromatic N) is 1. The zero-order chi connectivity index (χ0) is 18.0. The number of rotatable bonds is 5. The minimum atomic E-state index is -0.318. The summed E-state index contributed by atoms with van der Waals surface area (Å²) in [5, 5.41) is 0.488. The Morgan fingerprint density at radius 3 is 2.68 bits per heavy atom. The topological polar surface area (TPSA) is 29.5 Å². The molecule has 5 heteroatoms. The summed E-state index contributed by atoms with van der Waals surface area (Å²) in [6.45, 7) is 2.74. The molecule has 1 aromatic heterocycles. The van der Waals surface area contributed by atoms with Crippen LogP contribution in [0.2, 0.25) is 0 Å². The number of methoxy groups -OCH3 is 1. The van der Waals surface area contributed by atoms with Crippen molar-refractivity contribution in [2.75, 3.05) is 14.2 Å². The first-order chi connectivity index (χ1) is 12.0. The smallest absolute Gasteiger partial charge is 0.264 e. The maximum Gasteiger partial charge on any atom is 0.264 e. The molecule has 0 N–H and O–H groups in total. The number of amides is 1. The molecule has 3 aromatic rings. The number of aryl methyl sites for hydroxylation is 1. The Bertz CT molecular complexity index is 919. The lowest BCUT2D eigenvalue weighted by Gasteiger charge is -2.18.